The van der Waals surface area contributed by atoms with Gasteiger partial charge in [0.05, 0.1) is 12.7 Å². The van der Waals surface area contributed by atoms with Crippen molar-refractivity contribution in [2.75, 3.05) is 11.9 Å². The topological polar surface area (TPSA) is 108 Å². The van der Waals surface area contributed by atoms with Crippen molar-refractivity contribution in [1.82, 2.24) is 25.1 Å². The fourth-order valence-corrected chi connectivity index (χ4v) is 4.24. The quantitative estimate of drug-likeness (QED) is 0.646. The van der Waals surface area contributed by atoms with Gasteiger partial charge in [0.2, 0.25) is 11.8 Å². The van der Waals surface area contributed by atoms with Gasteiger partial charge in [0.15, 0.2) is 0 Å². The van der Waals surface area contributed by atoms with Crippen LogP contribution in [0.4, 0.5) is 5.82 Å². The highest BCUT2D eigenvalue weighted by molar-refractivity contribution is 6.05. The van der Waals surface area contributed by atoms with E-state index in [0.717, 1.165) is 42.4 Å². The molecule has 4 heterocycles. The Morgan fingerprint density at radius 3 is 3.00 bits per heavy atom. The van der Waals surface area contributed by atoms with E-state index < -0.39 is 6.04 Å². The van der Waals surface area contributed by atoms with E-state index in [0.29, 0.717) is 25.1 Å². The number of carbonyl (C=O) groups is 3. The van der Waals surface area contributed by atoms with E-state index in [1.165, 1.54) is 0 Å². The second-order valence-corrected chi connectivity index (χ2v) is 7.63. The van der Waals surface area contributed by atoms with Gasteiger partial charge in [-0.3, -0.25) is 19.7 Å². The van der Waals surface area contributed by atoms with Crippen molar-refractivity contribution in [3.05, 3.63) is 46.9 Å². The number of anilines is 1. The van der Waals surface area contributed by atoms with Crippen molar-refractivity contribution >= 4 is 23.5 Å². The first-order valence-corrected chi connectivity index (χ1v) is 9.85. The summed E-state index contributed by atoms with van der Waals surface area (Å²) in [5, 5.41) is 9.04. The van der Waals surface area contributed by atoms with E-state index in [-0.39, 0.29) is 24.1 Å². The van der Waals surface area contributed by atoms with E-state index >= 15 is 0 Å². The molecule has 0 saturated carbocycles. The van der Waals surface area contributed by atoms with Crippen LogP contribution in [0.15, 0.2) is 24.4 Å². The van der Waals surface area contributed by atoms with E-state index in [2.05, 4.69) is 25.5 Å². The highest BCUT2D eigenvalue weighted by Gasteiger charge is 2.39. The molecule has 0 radical (unpaired) electrons. The third-order valence-electron chi connectivity index (χ3n) is 5.80. The number of hydrogen-bond donors (Lipinski definition) is 3. The van der Waals surface area contributed by atoms with Crippen LogP contribution in [0.3, 0.4) is 0 Å². The molecule has 3 amide bonds. The number of hydrogen-bond acceptors (Lipinski definition) is 6. The molecule has 0 aliphatic carbocycles. The van der Waals surface area contributed by atoms with Gasteiger partial charge in [-0.05, 0) is 23.6 Å². The fourth-order valence-electron chi connectivity index (χ4n) is 4.24. The third kappa shape index (κ3) is 3.17. The molecule has 1 aromatic heterocycles. The molecule has 0 spiro atoms. The SMILES string of the molecule is O=C1CCC(N2Cc3ccc(CNc4cnc5n4CCNC5)cc3C2=O)C(=O)N1. The zero-order valence-electron chi connectivity index (χ0n) is 15.9. The maximum Gasteiger partial charge on any atom is 0.255 e. The zero-order chi connectivity index (χ0) is 20.0. The van der Waals surface area contributed by atoms with Crippen molar-refractivity contribution in [2.45, 2.75) is 45.1 Å². The lowest BCUT2D eigenvalue weighted by atomic mass is 10.0. The van der Waals surface area contributed by atoms with Gasteiger partial charge in [-0.1, -0.05) is 12.1 Å². The smallest absolute Gasteiger partial charge is 0.255 e. The van der Waals surface area contributed by atoms with Gasteiger partial charge in [0, 0.05) is 38.2 Å². The minimum Gasteiger partial charge on any atom is -0.366 e. The number of nitrogens with one attached hydrogen (secondary N) is 3. The summed E-state index contributed by atoms with van der Waals surface area (Å²) < 4.78 is 2.17. The highest BCUT2D eigenvalue weighted by atomic mass is 16.2. The van der Waals surface area contributed by atoms with Gasteiger partial charge in [-0.25, -0.2) is 4.98 Å². The molecule has 0 bridgehead atoms. The Kier molecular flexibility index (Phi) is 4.31. The number of rotatable bonds is 4. The summed E-state index contributed by atoms with van der Waals surface area (Å²) in [5.74, 6) is 1.18. The first-order valence-electron chi connectivity index (χ1n) is 9.85. The molecule has 3 aliphatic rings. The summed E-state index contributed by atoms with van der Waals surface area (Å²) in [6.07, 6.45) is 2.47. The standard InChI is InChI=1S/C20H22N6O3/c27-18-4-3-15(19(28)24-18)26-11-13-2-1-12(7-14(13)20(26)29)8-22-17-10-23-16-9-21-5-6-25(16)17/h1-2,7,10,15,21-22H,3-6,8-9,11H2,(H,24,27,28). The van der Waals surface area contributed by atoms with E-state index in [1.54, 1.807) is 4.90 Å². The van der Waals surface area contributed by atoms with Gasteiger partial charge in [0.1, 0.15) is 17.7 Å². The number of benzene rings is 1. The minimum absolute atomic E-state index is 0.149. The maximum atomic E-state index is 12.9. The monoisotopic (exact) mass is 394 g/mol. The summed E-state index contributed by atoms with van der Waals surface area (Å²) in [6.45, 7) is 3.54. The molecule has 2 aromatic rings. The van der Waals surface area contributed by atoms with Crippen LogP contribution in [0.1, 0.15) is 40.2 Å². The number of carbonyl (C=O) groups excluding carboxylic acids is 3. The Labute approximate surface area is 167 Å². The number of piperidine rings is 1. The van der Waals surface area contributed by atoms with Crippen molar-refractivity contribution in [3.63, 3.8) is 0 Å². The molecular weight excluding hydrogens is 372 g/mol. The Bertz CT molecular complexity index is 1010. The van der Waals surface area contributed by atoms with Gasteiger partial charge in [-0.15, -0.1) is 0 Å². The van der Waals surface area contributed by atoms with Crippen molar-refractivity contribution in [1.29, 1.82) is 0 Å². The van der Waals surface area contributed by atoms with Crippen LogP contribution in [0.2, 0.25) is 0 Å². The lowest BCUT2D eigenvalue weighted by Gasteiger charge is -2.29. The van der Waals surface area contributed by atoms with Crippen LogP contribution in [-0.2, 0) is 35.8 Å². The Morgan fingerprint density at radius 2 is 2.14 bits per heavy atom. The average molecular weight is 394 g/mol. The lowest BCUT2D eigenvalue weighted by Crippen LogP contribution is -2.52. The van der Waals surface area contributed by atoms with Crippen molar-refractivity contribution < 1.29 is 14.4 Å². The number of nitrogens with zero attached hydrogens (tertiary/aromatic N) is 3. The van der Waals surface area contributed by atoms with E-state index in [4.69, 9.17) is 0 Å². The molecule has 150 valence electrons. The Morgan fingerprint density at radius 1 is 1.24 bits per heavy atom. The summed E-state index contributed by atoms with van der Waals surface area (Å²) in [6, 6.07) is 5.26. The predicted molar refractivity (Wildman–Crippen MR) is 104 cm³/mol. The number of aromatic nitrogens is 2. The highest BCUT2D eigenvalue weighted by Crippen LogP contribution is 2.28. The Hall–Kier alpha value is -3.20. The van der Waals surface area contributed by atoms with Crippen LogP contribution in [-0.4, -0.2) is 44.8 Å². The third-order valence-corrected chi connectivity index (χ3v) is 5.80. The normalized spacial score (nSPS) is 21.0. The summed E-state index contributed by atoms with van der Waals surface area (Å²) in [4.78, 5) is 42.5. The minimum atomic E-state index is -0.582. The van der Waals surface area contributed by atoms with Gasteiger partial charge in [-0.2, -0.15) is 0 Å². The van der Waals surface area contributed by atoms with Crippen LogP contribution >= 0.6 is 0 Å². The maximum absolute atomic E-state index is 12.9. The molecular formula is C20H22N6O3. The van der Waals surface area contributed by atoms with Crippen molar-refractivity contribution in [3.8, 4) is 0 Å². The fraction of sp³-hybridized carbons (Fsp3) is 0.400. The molecule has 3 aliphatic heterocycles. The molecule has 3 N–H and O–H groups in total. The predicted octanol–water partition coefficient (Wildman–Crippen LogP) is 0.359. The lowest BCUT2D eigenvalue weighted by molar-refractivity contribution is -0.136. The first-order chi connectivity index (χ1) is 14.1. The zero-order valence-corrected chi connectivity index (χ0v) is 15.9. The number of amides is 3. The molecule has 1 saturated heterocycles. The van der Waals surface area contributed by atoms with Gasteiger partial charge >= 0.3 is 0 Å². The molecule has 5 rings (SSSR count). The number of imidazole rings is 1. The summed E-state index contributed by atoms with van der Waals surface area (Å²) in [7, 11) is 0. The van der Waals surface area contributed by atoms with Gasteiger partial charge < -0.3 is 20.1 Å². The average Bonchev–Trinajstić information content (AvgIpc) is 3.28. The molecule has 29 heavy (non-hydrogen) atoms. The van der Waals surface area contributed by atoms with Crippen LogP contribution in [0, 0.1) is 0 Å². The van der Waals surface area contributed by atoms with Crippen LogP contribution < -0.4 is 16.0 Å². The van der Waals surface area contributed by atoms with Crippen LogP contribution in [0.5, 0.6) is 0 Å². The number of fused-ring (bicyclic) bond motifs is 2. The van der Waals surface area contributed by atoms with E-state index in [1.807, 2.05) is 24.4 Å². The van der Waals surface area contributed by atoms with Gasteiger partial charge in [0.25, 0.3) is 5.91 Å². The second-order valence-electron chi connectivity index (χ2n) is 7.63. The molecule has 9 heteroatoms. The van der Waals surface area contributed by atoms with E-state index in [9.17, 15) is 14.4 Å². The Balaban J connectivity index is 1.30. The summed E-state index contributed by atoms with van der Waals surface area (Å²) in [5.41, 5.74) is 2.54. The van der Waals surface area contributed by atoms with Crippen LogP contribution in [0.25, 0.3) is 0 Å². The van der Waals surface area contributed by atoms with Crippen molar-refractivity contribution in [2.24, 2.45) is 0 Å². The molecule has 1 atom stereocenters. The number of imide groups is 1. The molecule has 1 aromatic carbocycles. The second kappa shape index (κ2) is 7.00. The molecule has 9 nitrogen and oxygen atoms in total. The largest absolute Gasteiger partial charge is 0.366 e. The summed E-state index contributed by atoms with van der Waals surface area (Å²) >= 11 is 0. The molecule has 1 fully saturated rings. The first kappa shape index (κ1) is 17.9. The molecule has 1 unspecified atom stereocenters.